The zero-order valence-electron chi connectivity index (χ0n) is 5.83. The third-order valence-corrected chi connectivity index (χ3v) is 1.38. The standard InChI is InChI=1S/C5H6INO.CO2/c1-2-4-3-8-5(6)7-4;2-1-3/h3H,2H2,1H3;. The second kappa shape index (κ2) is 6.06. The number of hydrogen-bond donors (Lipinski definition) is 0. The molecule has 60 valence electrons. The molecule has 0 aliphatic carbocycles. The highest BCUT2D eigenvalue weighted by Crippen LogP contribution is 2.03. The van der Waals surface area contributed by atoms with E-state index in [1.165, 1.54) is 0 Å². The van der Waals surface area contributed by atoms with Crippen LogP contribution in [0, 0.1) is 3.90 Å². The predicted molar refractivity (Wildman–Crippen MR) is 43.6 cm³/mol. The monoisotopic (exact) mass is 267 g/mol. The van der Waals surface area contributed by atoms with Crippen LogP contribution < -0.4 is 0 Å². The fraction of sp³-hybridized carbons (Fsp3) is 0.333. The molecule has 0 saturated heterocycles. The molecule has 1 aromatic heterocycles. The first-order valence-electron chi connectivity index (χ1n) is 2.83. The molecule has 0 radical (unpaired) electrons. The number of hydrogen-bond acceptors (Lipinski definition) is 4. The minimum Gasteiger partial charge on any atom is -0.440 e. The van der Waals surface area contributed by atoms with E-state index in [2.05, 4.69) is 4.98 Å². The molecular weight excluding hydrogens is 261 g/mol. The molecule has 1 rings (SSSR count). The number of carbonyl (C=O) groups excluding carboxylic acids is 2. The van der Waals surface area contributed by atoms with E-state index in [1.54, 1.807) is 6.26 Å². The molecule has 5 heteroatoms. The van der Waals surface area contributed by atoms with Gasteiger partial charge in [0.15, 0.2) is 0 Å². The normalized spacial score (nSPS) is 7.82. The Morgan fingerprint density at radius 3 is 2.45 bits per heavy atom. The quantitative estimate of drug-likeness (QED) is 0.718. The Morgan fingerprint density at radius 1 is 1.73 bits per heavy atom. The van der Waals surface area contributed by atoms with Crippen LogP contribution in [-0.2, 0) is 16.0 Å². The Labute approximate surface area is 77.1 Å². The van der Waals surface area contributed by atoms with E-state index in [0.29, 0.717) is 0 Å². The zero-order chi connectivity index (χ0) is 8.69. The molecule has 1 heterocycles. The van der Waals surface area contributed by atoms with Crippen LogP contribution in [0.4, 0.5) is 0 Å². The van der Waals surface area contributed by atoms with Gasteiger partial charge in [-0.05, 0) is 6.42 Å². The number of aryl methyl sites for hydroxylation is 1. The van der Waals surface area contributed by atoms with Crippen molar-refractivity contribution in [3.05, 3.63) is 15.9 Å². The van der Waals surface area contributed by atoms with Crippen LogP contribution >= 0.6 is 22.6 Å². The number of oxazole rings is 1. The molecule has 1 aromatic rings. The van der Waals surface area contributed by atoms with Gasteiger partial charge in [-0.2, -0.15) is 9.59 Å². The van der Waals surface area contributed by atoms with Gasteiger partial charge in [0, 0.05) is 22.6 Å². The van der Waals surface area contributed by atoms with Gasteiger partial charge in [0.1, 0.15) is 6.26 Å². The first kappa shape index (κ1) is 10.3. The van der Waals surface area contributed by atoms with Crippen molar-refractivity contribution in [3.8, 4) is 0 Å². The van der Waals surface area contributed by atoms with Crippen molar-refractivity contribution in [2.75, 3.05) is 0 Å². The van der Waals surface area contributed by atoms with Gasteiger partial charge in [-0.3, -0.25) is 0 Å². The number of halogens is 1. The molecule has 0 unspecified atom stereocenters. The Kier molecular flexibility index (Phi) is 5.68. The summed E-state index contributed by atoms with van der Waals surface area (Å²) in [5.74, 6) is 0. The van der Waals surface area contributed by atoms with Crippen LogP contribution in [0.1, 0.15) is 12.6 Å². The maximum Gasteiger partial charge on any atom is 0.373 e. The molecule has 0 aliphatic rings. The van der Waals surface area contributed by atoms with E-state index in [-0.39, 0.29) is 6.15 Å². The molecule has 4 nitrogen and oxygen atoms in total. The summed E-state index contributed by atoms with van der Waals surface area (Å²) in [6.45, 7) is 2.05. The van der Waals surface area contributed by atoms with Crippen molar-refractivity contribution in [3.63, 3.8) is 0 Å². The lowest BCUT2D eigenvalue weighted by atomic mass is 10.4. The summed E-state index contributed by atoms with van der Waals surface area (Å²) in [6.07, 6.45) is 2.88. The van der Waals surface area contributed by atoms with Crippen LogP contribution in [0.2, 0.25) is 0 Å². The minimum absolute atomic E-state index is 0.250. The fourth-order valence-electron chi connectivity index (χ4n) is 0.445. The molecule has 0 saturated carbocycles. The number of rotatable bonds is 1. The summed E-state index contributed by atoms with van der Waals surface area (Å²) in [4.78, 5) is 20.3. The van der Waals surface area contributed by atoms with Gasteiger partial charge in [0.05, 0.1) is 5.69 Å². The molecule has 0 N–H and O–H groups in total. The van der Waals surface area contributed by atoms with E-state index < -0.39 is 0 Å². The highest BCUT2D eigenvalue weighted by Gasteiger charge is 1.94. The molecular formula is C6H6INO3. The first-order chi connectivity index (χ1) is 5.24. The molecule has 0 atom stereocenters. The number of aromatic nitrogens is 1. The van der Waals surface area contributed by atoms with Gasteiger partial charge < -0.3 is 4.42 Å². The summed E-state index contributed by atoms with van der Waals surface area (Å²) >= 11 is 2.05. The minimum atomic E-state index is 0.250. The zero-order valence-corrected chi connectivity index (χ0v) is 7.99. The largest absolute Gasteiger partial charge is 0.440 e. The van der Waals surface area contributed by atoms with Crippen molar-refractivity contribution in [1.29, 1.82) is 0 Å². The van der Waals surface area contributed by atoms with E-state index >= 15 is 0 Å². The molecule has 0 spiro atoms. The number of nitrogens with zero attached hydrogens (tertiary/aromatic N) is 1. The highest BCUT2D eigenvalue weighted by molar-refractivity contribution is 14.1. The Morgan fingerprint density at radius 2 is 2.27 bits per heavy atom. The van der Waals surface area contributed by atoms with Gasteiger partial charge in [-0.25, -0.2) is 4.98 Å². The summed E-state index contributed by atoms with van der Waals surface area (Å²) in [6, 6.07) is 0. The summed E-state index contributed by atoms with van der Waals surface area (Å²) in [7, 11) is 0. The maximum atomic E-state index is 8.12. The molecule has 0 amide bonds. The van der Waals surface area contributed by atoms with E-state index in [0.717, 1.165) is 16.0 Å². The van der Waals surface area contributed by atoms with Crippen molar-refractivity contribution in [1.82, 2.24) is 4.98 Å². The summed E-state index contributed by atoms with van der Waals surface area (Å²) in [5.41, 5.74) is 1.02. The van der Waals surface area contributed by atoms with Gasteiger partial charge in [-0.1, -0.05) is 6.92 Å². The van der Waals surface area contributed by atoms with Crippen molar-refractivity contribution >= 4 is 28.7 Å². The lowest BCUT2D eigenvalue weighted by molar-refractivity contribution is -0.191. The molecule has 0 aliphatic heterocycles. The van der Waals surface area contributed by atoms with Crippen molar-refractivity contribution < 1.29 is 14.0 Å². The third-order valence-electron chi connectivity index (χ3n) is 0.886. The average molecular weight is 267 g/mol. The van der Waals surface area contributed by atoms with E-state index in [1.807, 2.05) is 29.5 Å². The van der Waals surface area contributed by atoms with Crippen LogP contribution in [-0.4, -0.2) is 11.1 Å². The topological polar surface area (TPSA) is 60.2 Å². The van der Waals surface area contributed by atoms with Crippen molar-refractivity contribution in [2.45, 2.75) is 13.3 Å². The highest BCUT2D eigenvalue weighted by atomic mass is 127. The second-order valence-electron chi connectivity index (χ2n) is 1.53. The fourth-order valence-corrected chi connectivity index (χ4v) is 0.882. The Balaban J connectivity index is 0.000000292. The SMILES string of the molecule is CCc1coc(I)n1.O=C=O. The molecule has 0 bridgehead atoms. The molecule has 11 heavy (non-hydrogen) atoms. The van der Waals surface area contributed by atoms with Gasteiger partial charge in [0.2, 0.25) is 0 Å². The van der Waals surface area contributed by atoms with Gasteiger partial charge in [-0.15, -0.1) is 0 Å². The lowest BCUT2D eigenvalue weighted by Gasteiger charge is -1.75. The first-order valence-corrected chi connectivity index (χ1v) is 3.91. The molecule has 0 aromatic carbocycles. The smallest absolute Gasteiger partial charge is 0.373 e. The third kappa shape index (κ3) is 4.69. The predicted octanol–water partition coefficient (Wildman–Crippen LogP) is 1.26. The lowest BCUT2D eigenvalue weighted by Crippen LogP contribution is -1.76. The molecule has 0 fully saturated rings. The maximum absolute atomic E-state index is 8.12. The summed E-state index contributed by atoms with van der Waals surface area (Å²) in [5, 5.41) is 0. The van der Waals surface area contributed by atoms with Crippen LogP contribution in [0.15, 0.2) is 10.7 Å². The van der Waals surface area contributed by atoms with Gasteiger partial charge in [0.25, 0.3) is 3.90 Å². The van der Waals surface area contributed by atoms with Crippen LogP contribution in [0.25, 0.3) is 0 Å². The Bertz CT molecular complexity index is 240. The van der Waals surface area contributed by atoms with Crippen LogP contribution in [0.3, 0.4) is 0 Å². The van der Waals surface area contributed by atoms with Gasteiger partial charge >= 0.3 is 6.15 Å². The Hall–Kier alpha value is -0.680. The average Bonchev–Trinajstić information content (AvgIpc) is 2.37. The van der Waals surface area contributed by atoms with Crippen molar-refractivity contribution in [2.24, 2.45) is 0 Å². The van der Waals surface area contributed by atoms with E-state index in [9.17, 15) is 0 Å². The second-order valence-corrected chi connectivity index (χ2v) is 2.45. The summed E-state index contributed by atoms with van der Waals surface area (Å²) < 4.78 is 5.65. The van der Waals surface area contributed by atoms with E-state index in [4.69, 9.17) is 14.0 Å². The van der Waals surface area contributed by atoms with Crippen LogP contribution in [0.5, 0.6) is 0 Å².